The molecule has 3 N–H and O–H groups in total. The number of hydrogen-bond acceptors (Lipinski definition) is 8. The number of fused-ring (bicyclic) bond motifs is 1. The van der Waals surface area contributed by atoms with Gasteiger partial charge in [-0.1, -0.05) is 17.3 Å². The van der Waals surface area contributed by atoms with Crippen LogP contribution in [0.15, 0.2) is 41.2 Å². The van der Waals surface area contributed by atoms with Crippen molar-refractivity contribution in [3.05, 3.63) is 52.3 Å². The molecule has 0 atom stereocenters. The highest BCUT2D eigenvalue weighted by Crippen LogP contribution is 2.35. The maximum Gasteiger partial charge on any atom is 0.340 e. The van der Waals surface area contributed by atoms with Crippen LogP contribution in [0, 0.1) is 0 Å². The van der Waals surface area contributed by atoms with Gasteiger partial charge in [0.2, 0.25) is 0 Å². The zero-order chi connectivity index (χ0) is 17.3. The lowest BCUT2D eigenvalue weighted by Gasteiger charge is -2.08. The van der Waals surface area contributed by atoms with Crippen molar-refractivity contribution in [2.45, 2.75) is 6.73 Å². The first-order valence-electron chi connectivity index (χ1n) is 6.72. The summed E-state index contributed by atoms with van der Waals surface area (Å²) >= 11 is 0. The lowest BCUT2D eigenvalue weighted by Crippen LogP contribution is -2.26. The third-order valence-electron chi connectivity index (χ3n) is 3.25. The first-order valence-corrected chi connectivity index (χ1v) is 6.72. The molecule has 0 bridgehead atoms. The number of aromatic nitrogens is 3. The van der Waals surface area contributed by atoms with E-state index in [1.165, 1.54) is 0 Å². The highest BCUT2D eigenvalue weighted by molar-refractivity contribution is 5.91. The summed E-state index contributed by atoms with van der Waals surface area (Å²) in [5.41, 5.74) is -0.271. The van der Waals surface area contributed by atoms with E-state index in [1.54, 1.807) is 24.3 Å². The second-order valence-electron chi connectivity index (χ2n) is 4.84. The molecule has 1 aromatic heterocycles. The Bertz CT molecular complexity index is 975. The third kappa shape index (κ3) is 2.70. The number of phenols is 3. The largest absolute Gasteiger partial charge is 0.504 e. The predicted octanol–water partition coefficient (Wildman–Crippen LogP) is 0.723. The first kappa shape index (κ1) is 15.3. The third-order valence-corrected chi connectivity index (χ3v) is 3.25. The van der Waals surface area contributed by atoms with Crippen LogP contribution in [0.5, 0.6) is 17.2 Å². The van der Waals surface area contributed by atoms with Crippen molar-refractivity contribution >= 4 is 16.9 Å². The molecule has 0 aliphatic carbocycles. The Kier molecular flexibility index (Phi) is 3.74. The Labute approximate surface area is 134 Å². The zero-order valence-corrected chi connectivity index (χ0v) is 12.1. The van der Waals surface area contributed by atoms with E-state index in [2.05, 4.69) is 10.3 Å². The van der Waals surface area contributed by atoms with E-state index in [9.17, 15) is 24.9 Å². The molecular weight excluding hydrogens is 318 g/mol. The van der Waals surface area contributed by atoms with Crippen molar-refractivity contribution in [3.8, 4) is 17.2 Å². The van der Waals surface area contributed by atoms with Crippen molar-refractivity contribution in [3.63, 3.8) is 0 Å². The fourth-order valence-electron chi connectivity index (χ4n) is 2.03. The molecular formula is C15H11N3O6. The lowest BCUT2D eigenvalue weighted by atomic mass is 10.2. The highest BCUT2D eigenvalue weighted by Gasteiger charge is 2.15. The fourth-order valence-corrected chi connectivity index (χ4v) is 2.03. The quantitative estimate of drug-likeness (QED) is 0.472. The van der Waals surface area contributed by atoms with Crippen molar-refractivity contribution in [1.29, 1.82) is 0 Å². The van der Waals surface area contributed by atoms with Gasteiger partial charge in [0.1, 0.15) is 5.52 Å². The Morgan fingerprint density at radius 2 is 1.79 bits per heavy atom. The van der Waals surface area contributed by atoms with Gasteiger partial charge in [-0.3, -0.25) is 4.79 Å². The van der Waals surface area contributed by atoms with E-state index in [0.29, 0.717) is 10.9 Å². The molecule has 0 spiro atoms. The smallest absolute Gasteiger partial charge is 0.340 e. The van der Waals surface area contributed by atoms with E-state index in [4.69, 9.17) is 4.74 Å². The lowest BCUT2D eigenvalue weighted by molar-refractivity contribution is 0.0335. The monoisotopic (exact) mass is 329 g/mol. The molecule has 0 fully saturated rings. The number of phenolic OH excluding ortho intramolecular Hbond substituents is 3. The molecule has 0 aliphatic rings. The van der Waals surface area contributed by atoms with Crippen molar-refractivity contribution in [2.24, 2.45) is 0 Å². The minimum Gasteiger partial charge on any atom is -0.504 e. The van der Waals surface area contributed by atoms with Crippen LogP contribution in [0.25, 0.3) is 10.9 Å². The van der Waals surface area contributed by atoms with Gasteiger partial charge < -0.3 is 20.1 Å². The summed E-state index contributed by atoms with van der Waals surface area (Å²) in [4.78, 5) is 24.1. The minimum atomic E-state index is -0.928. The predicted molar refractivity (Wildman–Crippen MR) is 80.6 cm³/mol. The molecule has 2 aromatic carbocycles. The molecule has 0 aliphatic heterocycles. The molecule has 0 unspecified atom stereocenters. The summed E-state index contributed by atoms with van der Waals surface area (Å²) < 4.78 is 5.77. The van der Waals surface area contributed by atoms with Crippen molar-refractivity contribution in [2.75, 3.05) is 0 Å². The highest BCUT2D eigenvalue weighted by atomic mass is 16.5. The molecule has 0 radical (unpaired) electrons. The summed E-state index contributed by atoms with van der Waals surface area (Å²) in [5, 5.41) is 35.8. The van der Waals surface area contributed by atoms with Crippen LogP contribution in [0.1, 0.15) is 10.4 Å². The average Bonchev–Trinajstić information content (AvgIpc) is 2.58. The van der Waals surface area contributed by atoms with E-state index < -0.39 is 35.5 Å². The molecule has 1 heterocycles. The number of hydrogen-bond donors (Lipinski definition) is 3. The molecule has 9 heteroatoms. The van der Waals surface area contributed by atoms with Gasteiger partial charge in [0.25, 0.3) is 5.56 Å². The maximum absolute atomic E-state index is 12.2. The summed E-state index contributed by atoms with van der Waals surface area (Å²) in [6.45, 7) is -0.502. The Hall–Kier alpha value is -3.62. The number of nitrogens with zero attached hydrogens (tertiary/aromatic N) is 3. The normalized spacial score (nSPS) is 10.7. The second-order valence-corrected chi connectivity index (χ2v) is 4.84. The molecule has 9 nitrogen and oxygen atoms in total. The van der Waals surface area contributed by atoms with E-state index >= 15 is 0 Å². The Morgan fingerprint density at radius 3 is 2.50 bits per heavy atom. The number of esters is 1. The Morgan fingerprint density at radius 1 is 1.12 bits per heavy atom. The van der Waals surface area contributed by atoms with E-state index in [1.807, 2.05) is 0 Å². The Balaban J connectivity index is 1.82. The summed E-state index contributed by atoms with van der Waals surface area (Å²) in [7, 11) is 0. The molecule has 0 amide bonds. The minimum absolute atomic E-state index is 0.204. The van der Waals surface area contributed by atoms with Gasteiger partial charge in [-0.2, -0.15) is 4.68 Å². The molecule has 3 aromatic rings. The fraction of sp³-hybridized carbons (Fsp3) is 0.0667. The SMILES string of the molecule is O=C(OCn1nnc2ccccc2c1=O)c1cc(O)c(O)c(O)c1. The van der Waals surface area contributed by atoms with Crippen LogP contribution in [0.4, 0.5) is 0 Å². The number of benzene rings is 2. The van der Waals surface area contributed by atoms with Gasteiger partial charge in [-0.25, -0.2) is 4.79 Å². The number of ether oxygens (including phenoxy) is 1. The van der Waals surface area contributed by atoms with Crippen LogP contribution in [-0.4, -0.2) is 36.3 Å². The summed E-state index contributed by atoms with van der Waals surface area (Å²) in [6.07, 6.45) is 0. The van der Waals surface area contributed by atoms with Crippen LogP contribution in [0.3, 0.4) is 0 Å². The molecule has 0 saturated heterocycles. The number of aromatic hydroxyl groups is 3. The molecule has 122 valence electrons. The van der Waals surface area contributed by atoms with Crippen LogP contribution in [0.2, 0.25) is 0 Å². The van der Waals surface area contributed by atoms with Gasteiger partial charge in [0.05, 0.1) is 10.9 Å². The topological polar surface area (TPSA) is 135 Å². The van der Waals surface area contributed by atoms with Gasteiger partial charge in [0, 0.05) is 0 Å². The standard InChI is InChI=1S/C15H11N3O6/c19-11-5-8(6-12(20)13(11)21)15(23)24-7-18-14(22)9-3-1-2-4-10(9)16-17-18/h1-6,19-21H,7H2. The van der Waals surface area contributed by atoms with Crippen molar-refractivity contribution < 1.29 is 24.9 Å². The molecule has 24 heavy (non-hydrogen) atoms. The van der Waals surface area contributed by atoms with Gasteiger partial charge in [-0.15, -0.1) is 5.10 Å². The average molecular weight is 329 g/mol. The number of carbonyl (C=O) groups is 1. The molecule has 0 saturated carbocycles. The van der Waals surface area contributed by atoms with E-state index in [0.717, 1.165) is 16.8 Å². The second kappa shape index (κ2) is 5.88. The first-order chi connectivity index (χ1) is 11.5. The maximum atomic E-state index is 12.2. The summed E-state index contributed by atoms with van der Waals surface area (Å²) in [6, 6.07) is 8.43. The van der Waals surface area contributed by atoms with Crippen LogP contribution >= 0.6 is 0 Å². The number of carbonyl (C=O) groups excluding carboxylic acids is 1. The summed E-state index contributed by atoms with van der Waals surface area (Å²) in [5.74, 6) is -3.03. The van der Waals surface area contributed by atoms with Gasteiger partial charge in [0.15, 0.2) is 24.0 Å². The van der Waals surface area contributed by atoms with E-state index in [-0.39, 0.29) is 5.56 Å². The van der Waals surface area contributed by atoms with Crippen LogP contribution < -0.4 is 5.56 Å². The van der Waals surface area contributed by atoms with Crippen LogP contribution in [-0.2, 0) is 11.5 Å². The number of rotatable bonds is 3. The van der Waals surface area contributed by atoms with Gasteiger partial charge in [-0.05, 0) is 24.3 Å². The van der Waals surface area contributed by atoms with Crippen molar-refractivity contribution in [1.82, 2.24) is 15.0 Å². The van der Waals surface area contributed by atoms with Gasteiger partial charge >= 0.3 is 5.97 Å². The molecule has 3 rings (SSSR count). The zero-order valence-electron chi connectivity index (χ0n) is 12.1.